The van der Waals surface area contributed by atoms with Crippen LogP contribution < -0.4 is 4.90 Å². The number of methoxy groups -OCH3 is 2. The maximum absolute atomic E-state index is 15.6. The maximum atomic E-state index is 15.6. The summed E-state index contributed by atoms with van der Waals surface area (Å²) in [7, 11) is 3.41. The normalized spacial score (nSPS) is 20.5. The fourth-order valence-electron chi connectivity index (χ4n) is 7.09. The molecular weight excluding hydrogens is 521 g/mol. The molecule has 7 nitrogen and oxygen atoms in total. The van der Waals surface area contributed by atoms with Crippen molar-refractivity contribution in [2.24, 2.45) is 5.92 Å². The highest BCUT2D eigenvalue weighted by Gasteiger charge is 2.29. The summed E-state index contributed by atoms with van der Waals surface area (Å²) in [4.78, 5) is 14.2. The van der Waals surface area contributed by atoms with Crippen LogP contribution in [0.3, 0.4) is 0 Å². The summed E-state index contributed by atoms with van der Waals surface area (Å²) in [6.45, 7) is 2.57. The molecule has 2 aliphatic heterocycles. The zero-order valence-electron chi connectivity index (χ0n) is 24.1. The molecule has 3 aliphatic rings. The first-order valence-electron chi connectivity index (χ1n) is 15.0. The Bertz CT molecular complexity index is 1400. The van der Waals surface area contributed by atoms with Crippen LogP contribution in [0, 0.1) is 11.9 Å². The molecule has 1 unspecified atom stereocenters. The molecule has 2 fully saturated rings. The van der Waals surface area contributed by atoms with Crippen LogP contribution in [0.1, 0.15) is 74.3 Å². The molecule has 1 atom stereocenters. The van der Waals surface area contributed by atoms with E-state index in [0.29, 0.717) is 24.3 Å². The molecule has 218 valence electrons. The summed E-state index contributed by atoms with van der Waals surface area (Å²) in [5.74, 6) is -0.0440. The van der Waals surface area contributed by atoms with Crippen molar-refractivity contribution in [1.29, 1.82) is 0 Å². The number of rotatable bonds is 8. The van der Waals surface area contributed by atoms with Crippen molar-refractivity contribution in [3.8, 4) is 0 Å². The number of piperidine rings is 1. The van der Waals surface area contributed by atoms with Crippen molar-refractivity contribution in [3.05, 3.63) is 64.6 Å². The Hall–Kier alpha value is -3.07. The minimum Gasteiger partial charge on any atom is -0.372 e. The van der Waals surface area contributed by atoms with Crippen molar-refractivity contribution in [2.75, 3.05) is 38.8 Å². The van der Waals surface area contributed by atoms with Crippen LogP contribution in [0.25, 0.3) is 16.5 Å². The Labute approximate surface area is 241 Å². The Morgan fingerprint density at radius 1 is 1.02 bits per heavy atom. The molecule has 0 radical (unpaired) electrons. The van der Waals surface area contributed by atoms with Crippen molar-refractivity contribution in [3.63, 3.8) is 0 Å². The van der Waals surface area contributed by atoms with Crippen LogP contribution in [0.5, 0.6) is 0 Å². The van der Waals surface area contributed by atoms with Crippen LogP contribution in [-0.2, 0) is 25.4 Å². The first-order valence-corrected chi connectivity index (χ1v) is 15.0. The van der Waals surface area contributed by atoms with Gasteiger partial charge in [0.15, 0.2) is 12.5 Å². The number of anilines is 1. The van der Waals surface area contributed by atoms with E-state index in [-0.39, 0.29) is 12.5 Å². The number of allylic oxidation sites excluding steroid dienone is 1. The standard InChI is InChI=1S/C33H40FN3O4/c1-39-33(40-2)24-15-18-36(19-16-24)25-11-9-23(10-12-25)30-22(17-20-38)6-5-7-26-27(30)13-14-28-31(26)32(34)35-37(28)29-8-3-4-21-41-29/h9-14,20,24,29,33H,3-8,15-19,21H2,1-2H3. The lowest BCUT2D eigenvalue weighted by molar-refractivity contribution is -0.141. The zero-order valence-corrected chi connectivity index (χ0v) is 24.1. The fourth-order valence-corrected chi connectivity index (χ4v) is 7.09. The Morgan fingerprint density at radius 3 is 2.49 bits per heavy atom. The molecule has 0 spiro atoms. The van der Waals surface area contributed by atoms with Gasteiger partial charge in [0.2, 0.25) is 5.95 Å². The topological polar surface area (TPSA) is 65.8 Å². The number of aldehydes is 1. The van der Waals surface area contributed by atoms with Gasteiger partial charge in [0.25, 0.3) is 0 Å². The van der Waals surface area contributed by atoms with Crippen molar-refractivity contribution in [2.45, 2.75) is 70.3 Å². The molecule has 1 aromatic heterocycles. The molecule has 1 aliphatic carbocycles. The van der Waals surface area contributed by atoms with Crippen LogP contribution in [0.2, 0.25) is 0 Å². The number of nitrogens with zero attached hydrogens (tertiary/aromatic N) is 3. The van der Waals surface area contributed by atoms with E-state index in [1.165, 1.54) is 5.69 Å². The SMILES string of the molecule is COC(OC)C1CCN(c2ccc(C3=C(CC=O)CCCc4c3ccc3c4c(F)nn3C3CCCCO3)cc2)CC1. The smallest absolute Gasteiger partial charge is 0.240 e. The van der Waals surface area contributed by atoms with Crippen molar-refractivity contribution in [1.82, 2.24) is 9.78 Å². The van der Waals surface area contributed by atoms with Gasteiger partial charge >= 0.3 is 0 Å². The van der Waals surface area contributed by atoms with Gasteiger partial charge in [-0.05, 0) is 91.8 Å². The highest BCUT2D eigenvalue weighted by molar-refractivity contribution is 5.94. The number of hydrogen-bond donors (Lipinski definition) is 0. The second-order valence-electron chi connectivity index (χ2n) is 11.5. The van der Waals surface area contributed by atoms with Gasteiger partial charge in [-0.2, -0.15) is 4.39 Å². The number of hydrogen-bond acceptors (Lipinski definition) is 6. The van der Waals surface area contributed by atoms with Gasteiger partial charge in [-0.15, -0.1) is 5.10 Å². The highest BCUT2D eigenvalue weighted by Crippen LogP contribution is 2.41. The largest absolute Gasteiger partial charge is 0.372 e. The quantitative estimate of drug-likeness (QED) is 0.233. The Balaban J connectivity index is 1.33. The number of fused-ring (bicyclic) bond motifs is 3. The molecule has 3 aromatic rings. The lowest BCUT2D eigenvalue weighted by Gasteiger charge is -2.36. The molecule has 2 aromatic carbocycles. The van der Waals surface area contributed by atoms with Gasteiger partial charge in [-0.25, -0.2) is 4.68 Å². The third-order valence-corrected chi connectivity index (χ3v) is 9.14. The Kier molecular flexibility index (Phi) is 8.51. The van der Waals surface area contributed by atoms with Gasteiger partial charge < -0.3 is 23.9 Å². The number of carbonyl (C=O) groups is 1. The van der Waals surface area contributed by atoms with Crippen LogP contribution in [-0.4, -0.2) is 56.3 Å². The number of benzene rings is 2. The van der Waals surface area contributed by atoms with Gasteiger partial charge in [0, 0.05) is 51.9 Å². The lowest BCUT2D eigenvalue weighted by atomic mass is 9.88. The van der Waals surface area contributed by atoms with E-state index in [1.807, 2.05) is 6.07 Å². The molecule has 0 amide bonds. The van der Waals surface area contributed by atoms with Crippen molar-refractivity contribution >= 4 is 28.4 Å². The van der Waals surface area contributed by atoms with E-state index in [1.54, 1.807) is 18.9 Å². The molecule has 0 bridgehead atoms. The molecule has 0 N–H and O–H groups in total. The number of carbonyl (C=O) groups excluding carboxylic acids is 1. The number of aromatic nitrogens is 2. The average Bonchev–Trinajstić information content (AvgIpc) is 3.24. The number of ether oxygens (including phenoxy) is 3. The van der Waals surface area contributed by atoms with Gasteiger partial charge in [-0.1, -0.05) is 23.8 Å². The van der Waals surface area contributed by atoms with E-state index in [4.69, 9.17) is 14.2 Å². The minimum absolute atomic E-state index is 0.156. The number of halogens is 1. The van der Waals surface area contributed by atoms with E-state index in [9.17, 15) is 4.79 Å². The molecule has 8 heteroatoms. The second kappa shape index (κ2) is 12.4. The molecule has 0 saturated carbocycles. The second-order valence-corrected chi connectivity index (χ2v) is 11.5. The molecule has 2 saturated heterocycles. The lowest BCUT2D eigenvalue weighted by Crippen LogP contribution is -2.39. The minimum atomic E-state index is -0.438. The van der Waals surface area contributed by atoms with E-state index in [2.05, 4.69) is 40.3 Å². The van der Waals surface area contributed by atoms with Gasteiger partial charge in [0.05, 0.1) is 10.9 Å². The summed E-state index contributed by atoms with van der Waals surface area (Å²) in [5.41, 5.74) is 7.18. The summed E-state index contributed by atoms with van der Waals surface area (Å²) < 4.78 is 34.2. The molecule has 3 heterocycles. The summed E-state index contributed by atoms with van der Waals surface area (Å²) in [6.07, 6.45) is 8.33. The molecule has 6 rings (SSSR count). The summed E-state index contributed by atoms with van der Waals surface area (Å²) >= 11 is 0. The first-order chi connectivity index (χ1) is 20.1. The van der Waals surface area contributed by atoms with E-state index < -0.39 is 5.95 Å². The van der Waals surface area contributed by atoms with Crippen molar-refractivity contribution < 1.29 is 23.4 Å². The monoisotopic (exact) mass is 561 g/mol. The average molecular weight is 562 g/mol. The molecular formula is C33H40FN3O4. The van der Waals surface area contributed by atoms with Gasteiger partial charge in [-0.3, -0.25) is 0 Å². The summed E-state index contributed by atoms with van der Waals surface area (Å²) in [5, 5.41) is 4.92. The van der Waals surface area contributed by atoms with Crippen LogP contribution in [0.4, 0.5) is 10.1 Å². The van der Waals surface area contributed by atoms with Crippen LogP contribution >= 0.6 is 0 Å². The van der Waals surface area contributed by atoms with E-state index >= 15 is 4.39 Å². The maximum Gasteiger partial charge on any atom is 0.240 e. The van der Waals surface area contributed by atoms with Gasteiger partial charge in [0.1, 0.15) is 6.29 Å². The highest BCUT2D eigenvalue weighted by atomic mass is 19.1. The molecule has 41 heavy (non-hydrogen) atoms. The first kappa shape index (κ1) is 28.1. The predicted octanol–water partition coefficient (Wildman–Crippen LogP) is 6.44. The van der Waals surface area contributed by atoms with E-state index in [0.717, 1.165) is 104 Å². The zero-order chi connectivity index (χ0) is 28.3. The fraction of sp³-hybridized carbons (Fsp3) is 0.515. The number of aryl methyl sites for hydroxylation is 1. The predicted molar refractivity (Wildman–Crippen MR) is 157 cm³/mol. The third-order valence-electron chi connectivity index (χ3n) is 9.14. The summed E-state index contributed by atoms with van der Waals surface area (Å²) in [6, 6.07) is 12.7. The van der Waals surface area contributed by atoms with Crippen LogP contribution in [0.15, 0.2) is 42.0 Å². The third kappa shape index (κ3) is 5.45. The Morgan fingerprint density at radius 2 is 1.80 bits per heavy atom.